The monoisotopic (exact) mass is 297 g/mol. The number of anilines is 1. The highest BCUT2D eigenvalue weighted by Crippen LogP contribution is 2.16. The Morgan fingerprint density at radius 3 is 2.62 bits per heavy atom. The molecule has 1 aliphatic rings. The number of nitrogens with zero attached hydrogens (tertiary/aromatic N) is 2. The minimum absolute atomic E-state index is 0.235. The van der Waals surface area contributed by atoms with Gasteiger partial charge in [-0.05, 0) is 31.0 Å². The molecule has 2 N–H and O–H groups in total. The maximum atomic E-state index is 13.8. The second kappa shape index (κ2) is 8.29. The summed E-state index contributed by atoms with van der Waals surface area (Å²) in [6.45, 7) is 5.44. The first-order valence-electron chi connectivity index (χ1n) is 7.34. The van der Waals surface area contributed by atoms with Gasteiger partial charge in [0.15, 0.2) is 0 Å². The van der Waals surface area contributed by atoms with Gasteiger partial charge in [-0.1, -0.05) is 12.1 Å². The fourth-order valence-corrected chi connectivity index (χ4v) is 2.56. The van der Waals surface area contributed by atoms with Crippen molar-refractivity contribution in [1.29, 1.82) is 0 Å². The Kier molecular flexibility index (Phi) is 6.38. The quantitative estimate of drug-likeness (QED) is 0.469. The maximum absolute atomic E-state index is 13.8. The van der Waals surface area contributed by atoms with Crippen LogP contribution >= 0.6 is 0 Å². The van der Waals surface area contributed by atoms with Crippen molar-refractivity contribution in [3.8, 4) is 0 Å². The first kappa shape index (κ1) is 16.2. The van der Waals surface area contributed by atoms with Crippen LogP contribution in [0.3, 0.4) is 0 Å². The van der Waals surface area contributed by atoms with Crippen molar-refractivity contribution in [2.24, 2.45) is 0 Å². The summed E-state index contributed by atoms with van der Waals surface area (Å²) in [6, 6.07) is 5.22. The predicted octanol–water partition coefficient (Wildman–Crippen LogP) is 1.49. The molecule has 0 atom stereocenters. The number of aryl methyl sites for hydroxylation is 1. The molecule has 2 rings (SSSR count). The van der Waals surface area contributed by atoms with Gasteiger partial charge < -0.3 is 10.6 Å². The van der Waals surface area contributed by atoms with E-state index in [4.69, 9.17) is 10.6 Å². The van der Waals surface area contributed by atoms with Crippen molar-refractivity contribution >= 4 is 5.69 Å². The lowest BCUT2D eigenvalue weighted by atomic mass is 10.1. The third kappa shape index (κ3) is 4.93. The van der Waals surface area contributed by atoms with Crippen molar-refractivity contribution in [2.75, 3.05) is 52.3 Å². The number of nitrogen functional groups attached to an aromatic ring is 1. The molecule has 5 nitrogen and oxygen atoms in total. The Bertz CT molecular complexity index is 437. The molecule has 0 spiro atoms. The van der Waals surface area contributed by atoms with Crippen LogP contribution in [0.1, 0.15) is 12.0 Å². The average molecular weight is 297 g/mol. The number of piperazine rings is 1. The van der Waals surface area contributed by atoms with E-state index >= 15 is 0 Å². The second-order valence-corrected chi connectivity index (χ2v) is 5.30. The summed E-state index contributed by atoms with van der Waals surface area (Å²) < 4.78 is 13.8. The summed E-state index contributed by atoms with van der Waals surface area (Å²) in [6.07, 6.45) is 1.67. The Balaban J connectivity index is 1.67. The highest BCUT2D eigenvalue weighted by Gasteiger charge is 2.16. The molecule has 1 aromatic rings. The van der Waals surface area contributed by atoms with Crippen LogP contribution in [0.2, 0.25) is 0 Å². The highest BCUT2D eigenvalue weighted by molar-refractivity contribution is 5.42. The first-order valence-corrected chi connectivity index (χ1v) is 7.34. The third-order valence-corrected chi connectivity index (χ3v) is 3.85. The van der Waals surface area contributed by atoms with Gasteiger partial charge in [0, 0.05) is 26.2 Å². The van der Waals surface area contributed by atoms with Crippen LogP contribution in [-0.2, 0) is 16.2 Å². The molecular weight excluding hydrogens is 273 g/mol. The van der Waals surface area contributed by atoms with Crippen LogP contribution in [-0.4, -0.2) is 56.4 Å². The summed E-state index contributed by atoms with van der Waals surface area (Å²) in [5.74, 6) is -0.265. The van der Waals surface area contributed by atoms with E-state index in [1.54, 1.807) is 6.07 Å². The molecule has 0 bridgehead atoms. The lowest BCUT2D eigenvalue weighted by Gasteiger charge is -2.33. The van der Waals surface area contributed by atoms with Gasteiger partial charge in [-0.15, -0.1) is 0 Å². The van der Waals surface area contributed by atoms with Gasteiger partial charge in [0.2, 0.25) is 0 Å². The molecule has 1 saturated heterocycles. The van der Waals surface area contributed by atoms with E-state index in [0.717, 1.165) is 45.6 Å². The molecule has 21 heavy (non-hydrogen) atoms. The zero-order chi connectivity index (χ0) is 15.1. The second-order valence-electron chi connectivity index (χ2n) is 5.30. The molecular formula is C15H24FN3O2. The van der Waals surface area contributed by atoms with Gasteiger partial charge in [-0.2, -0.15) is 0 Å². The van der Waals surface area contributed by atoms with Crippen LogP contribution in [0, 0.1) is 5.82 Å². The molecule has 1 aliphatic heterocycles. The Labute approximate surface area is 125 Å². The molecule has 0 aromatic heterocycles. The van der Waals surface area contributed by atoms with Crippen molar-refractivity contribution in [3.05, 3.63) is 29.6 Å². The van der Waals surface area contributed by atoms with E-state index in [9.17, 15) is 4.39 Å². The Hall–Kier alpha value is -1.21. The number of rotatable bonds is 7. The summed E-state index contributed by atoms with van der Waals surface area (Å²) in [4.78, 5) is 14.1. The normalized spacial score (nSPS) is 17.2. The predicted molar refractivity (Wildman–Crippen MR) is 80.1 cm³/mol. The Morgan fingerprint density at radius 1 is 1.19 bits per heavy atom. The van der Waals surface area contributed by atoms with Crippen LogP contribution in [0.25, 0.3) is 0 Å². The van der Waals surface area contributed by atoms with Crippen molar-refractivity contribution in [3.63, 3.8) is 0 Å². The van der Waals surface area contributed by atoms with Crippen LogP contribution in [0.4, 0.5) is 10.1 Å². The highest BCUT2D eigenvalue weighted by atomic mass is 19.1. The van der Waals surface area contributed by atoms with E-state index in [0.29, 0.717) is 12.3 Å². The third-order valence-electron chi connectivity index (χ3n) is 3.85. The van der Waals surface area contributed by atoms with Gasteiger partial charge >= 0.3 is 0 Å². The van der Waals surface area contributed by atoms with Crippen molar-refractivity contribution < 1.29 is 14.2 Å². The largest absolute Gasteiger partial charge is 0.396 e. The van der Waals surface area contributed by atoms with Crippen LogP contribution in [0.15, 0.2) is 18.2 Å². The lowest BCUT2D eigenvalue weighted by molar-refractivity contribution is -0.296. The van der Waals surface area contributed by atoms with Gasteiger partial charge in [0.1, 0.15) is 12.5 Å². The molecule has 0 aliphatic carbocycles. The fraction of sp³-hybridized carbons (Fsp3) is 0.600. The smallest absolute Gasteiger partial charge is 0.149 e. The van der Waals surface area contributed by atoms with E-state index in [1.807, 2.05) is 12.1 Å². The standard InChI is InChI=1S/C15H24FN3O2/c1-20-21-12-19-10-8-18(9-11-19)7-3-5-13-4-2-6-14(17)15(13)16/h2,4,6H,3,5,7-12,17H2,1H3. The molecule has 118 valence electrons. The number of hydrogen-bond donors (Lipinski definition) is 1. The topological polar surface area (TPSA) is 51.0 Å². The maximum Gasteiger partial charge on any atom is 0.149 e. The minimum atomic E-state index is -0.265. The SMILES string of the molecule is COOCN1CCN(CCCc2cccc(N)c2F)CC1. The van der Waals surface area contributed by atoms with Crippen molar-refractivity contribution in [1.82, 2.24) is 9.80 Å². The average Bonchev–Trinajstić information content (AvgIpc) is 2.51. The molecule has 0 radical (unpaired) electrons. The summed E-state index contributed by atoms with van der Waals surface area (Å²) >= 11 is 0. The Morgan fingerprint density at radius 2 is 1.90 bits per heavy atom. The first-order chi connectivity index (χ1) is 10.2. The van der Waals surface area contributed by atoms with Gasteiger partial charge in [-0.25, -0.2) is 14.2 Å². The van der Waals surface area contributed by atoms with Gasteiger partial charge in [-0.3, -0.25) is 4.90 Å². The van der Waals surface area contributed by atoms with E-state index in [-0.39, 0.29) is 11.5 Å². The van der Waals surface area contributed by atoms with Crippen LogP contribution < -0.4 is 5.73 Å². The molecule has 1 aromatic carbocycles. The van der Waals surface area contributed by atoms with E-state index in [1.165, 1.54) is 7.11 Å². The molecule has 1 heterocycles. The van der Waals surface area contributed by atoms with Gasteiger partial charge in [0.05, 0.1) is 12.8 Å². The number of nitrogens with two attached hydrogens (primary N) is 1. The van der Waals surface area contributed by atoms with Gasteiger partial charge in [0.25, 0.3) is 0 Å². The zero-order valence-corrected chi connectivity index (χ0v) is 12.6. The molecule has 0 unspecified atom stereocenters. The van der Waals surface area contributed by atoms with E-state index in [2.05, 4.69) is 14.7 Å². The molecule has 1 fully saturated rings. The minimum Gasteiger partial charge on any atom is -0.396 e. The molecule has 6 heteroatoms. The van der Waals surface area contributed by atoms with E-state index < -0.39 is 0 Å². The molecule has 0 amide bonds. The molecule has 0 saturated carbocycles. The van der Waals surface area contributed by atoms with Crippen molar-refractivity contribution in [2.45, 2.75) is 12.8 Å². The number of benzene rings is 1. The zero-order valence-electron chi connectivity index (χ0n) is 12.6. The summed E-state index contributed by atoms with van der Waals surface area (Å²) in [7, 11) is 1.52. The fourth-order valence-electron chi connectivity index (χ4n) is 2.56. The summed E-state index contributed by atoms with van der Waals surface area (Å²) in [5, 5.41) is 0. The van der Waals surface area contributed by atoms with Crippen LogP contribution in [0.5, 0.6) is 0 Å². The number of hydrogen-bond acceptors (Lipinski definition) is 5. The number of halogens is 1. The summed E-state index contributed by atoms with van der Waals surface area (Å²) in [5.41, 5.74) is 6.52. The lowest BCUT2D eigenvalue weighted by Crippen LogP contribution is -2.47.